The Balaban J connectivity index is 2.56. The molecule has 0 amide bonds. The predicted octanol–water partition coefficient (Wildman–Crippen LogP) is 2.04. The molecule has 1 aromatic carbocycles. The van der Waals surface area contributed by atoms with E-state index in [0.29, 0.717) is 13.0 Å². The number of aliphatic carboxylic acids is 1. The van der Waals surface area contributed by atoms with Gasteiger partial charge < -0.3 is 10.4 Å². The van der Waals surface area contributed by atoms with Crippen molar-refractivity contribution in [2.45, 2.75) is 44.0 Å². The summed E-state index contributed by atoms with van der Waals surface area (Å²) in [6.07, 6.45) is 1.51. The summed E-state index contributed by atoms with van der Waals surface area (Å²) in [4.78, 5) is 10.7. The maximum absolute atomic E-state index is 11.8. The van der Waals surface area contributed by atoms with E-state index in [1.807, 2.05) is 6.92 Å². The Morgan fingerprint density at radius 3 is 2.43 bits per heavy atom. The zero-order valence-electron chi connectivity index (χ0n) is 12.3. The molecule has 1 aromatic rings. The molecule has 0 aliphatic rings. The van der Waals surface area contributed by atoms with Crippen molar-refractivity contribution in [3.8, 4) is 0 Å². The molecule has 7 heteroatoms. The van der Waals surface area contributed by atoms with Gasteiger partial charge in [0.1, 0.15) is 0 Å². The highest BCUT2D eigenvalue weighted by Gasteiger charge is 2.12. The van der Waals surface area contributed by atoms with Crippen LogP contribution in [0.4, 0.5) is 5.69 Å². The number of rotatable bonds is 9. The average Bonchev–Trinajstić information content (AvgIpc) is 2.38. The third-order valence-corrected chi connectivity index (χ3v) is 4.50. The molecule has 0 aliphatic heterocycles. The van der Waals surface area contributed by atoms with Gasteiger partial charge in [0.25, 0.3) is 0 Å². The van der Waals surface area contributed by atoms with Gasteiger partial charge in [-0.3, -0.25) is 4.79 Å². The van der Waals surface area contributed by atoms with Gasteiger partial charge in [0.2, 0.25) is 10.0 Å². The highest BCUT2D eigenvalue weighted by molar-refractivity contribution is 7.89. The molecule has 0 aliphatic carbocycles. The summed E-state index contributed by atoms with van der Waals surface area (Å²) in [5.74, 6) is -0.791. The van der Waals surface area contributed by atoms with E-state index in [2.05, 4.69) is 10.0 Å². The summed E-state index contributed by atoms with van der Waals surface area (Å²) < 4.78 is 26.0. The molecule has 0 saturated heterocycles. The van der Waals surface area contributed by atoms with E-state index in [4.69, 9.17) is 5.11 Å². The minimum Gasteiger partial charge on any atom is -0.481 e. The van der Waals surface area contributed by atoms with Crippen LogP contribution in [0.25, 0.3) is 0 Å². The molecular formula is C14H22N2O4S. The molecule has 6 nitrogen and oxygen atoms in total. The standard InChI is InChI=1S/C14H22N2O4S/c1-3-15-21(19,20)13-9-7-12(8-10-13)16-11(2)5-4-6-14(17)18/h7-11,15-16H,3-6H2,1-2H3,(H,17,18). The highest BCUT2D eigenvalue weighted by Crippen LogP contribution is 2.16. The summed E-state index contributed by atoms with van der Waals surface area (Å²) in [7, 11) is -3.42. The molecule has 0 saturated carbocycles. The molecule has 118 valence electrons. The topological polar surface area (TPSA) is 95.5 Å². The average molecular weight is 314 g/mol. The van der Waals surface area contributed by atoms with Gasteiger partial charge in [0.15, 0.2) is 0 Å². The van der Waals surface area contributed by atoms with Crippen molar-refractivity contribution in [2.24, 2.45) is 0 Å². The summed E-state index contributed by atoms with van der Waals surface area (Å²) >= 11 is 0. The van der Waals surface area contributed by atoms with Crippen LogP contribution in [-0.4, -0.2) is 32.1 Å². The third-order valence-electron chi connectivity index (χ3n) is 2.94. The maximum atomic E-state index is 11.8. The van der Waals surface area contributed by atoms with E-state index < -0.39 is 16.0 Å². The Hall–Kier alpha value is -1.60. The molecule has 0 bridgehead atoms. The van der Waals surface area contributed by atoms with E-state index in [1.54, 1.807) is 31.2 Å². The lowest BCUT2D eigenvalue weighted by molar-refractivity contribution is -0.137. The van der Waals surface area contributed by atoms with Crippen molar-refractivity contribution in [1.29, 1.82) is 0 Å². The Morgan fingerprint density at radius 1 is 1.29 bits per heavy atom. The van der Waals surface area contributed by atoms with Crippen molar-refractivity contribution in [3.05, 3.63) is 24.3 Å². The van der Waals surface area contributed by atoms with Crippen molar-refractivity contribution < 1.29 is 18.3 Å². The van der Waals surface area contributed by atoms with Crippen molar-refractivity contribution in [1.82, 2.24) is 4.72 Å². The van der Waals surface area contributed by atoms with Gasteiger partial charge in [-0.15, -0.1) is 0 Å². The number of hydrogen-bond acceptors (Lipinski definition) is 4. The van der Waals surface area contributed by atoms with Crippen LogP contribution in [0.5, 0.6) is 0 Å². The Morgan fingerprint density at radius 2 is 1.90 bits per heavy atom. The van der Waals surface area contributed by atoms with E-state index in [0.717, 1.165) is 12.1 Å². The first kappa shape index (κ1) is 17.5. The fourth-order valence-corrected chi connectivity index (χ4v) is 2.96. The number of benzene rings is 1. The first-order valence-electron chi connectivity index (χ1n) is 6.93. The van der Waals surface area contributed by atoms with Crippen LogP contribution < -0.4 is 10.0 Å². The Labute approximate surface area is 125 Å². The summed E-state index contributed by atoms with van der Waals surface area (Å²) in [5, 5.41) is 11.8. The van der Waals surface area contributed by atoms with Gasteiger partial charge in [-0.25, -0.2) is 13.1 Å². The van der Waals surface area contributed by atoms with Gasteiger partial charge in [-0.1, -0.05) is 6.92 Å². The monoisotopic (exact) mass is 314 g/mol. The van der Waals surface area contributed by atoms with Crippen LogP contribution >= 0.6 is 0 Å². The zero-order valence-corrected chi connectivity index (χ0v) is 13.1. The number of carboxylic acids is 1. The van der Waals surface area contributed by atoms with E-state index >= 15 is 0 Å². The highest BCUT2D eigenvalue weighted by atomic mass is 32.2. The smallest absolute Gasteiger partial charge is 0.303 e. The lowest BCUT2D eigenvalue weighted by Gasteiger charge is -2.15. The minimum absolute atomic E-state index is 0.126. The molecule has 0 aromatic heterocycles. The van der Waals surface area contributed by atoms with E-state index in [1.165, 1.54) is 0 Å². The van der Waals surface area contributed by atoms with Gasteiger partial charge in [-0.05, 0) is 44.0 Å². The fourth-order valence-electron chi connectivity index (χ4n) is 1.92. The molecule has 0 fully saturated rings. The Kier molecular flexibility index (Phi) is 6.64. The number of carboxylic acid groups (broad SMARTS) is 1. The number of nitrogens with one attached hydrogen (secondary N) is 2. The third kappa shape index (κ3) is 6.14. The van der Waals surface area contributed by atoms with Crippen LogP contribution in [0.3, 0.4) is 0 Å². The van der Waals surface area contributed by atoms with Gasteiger partial charge in [0.05, 0.1) is 4.90 Å². The Bertz CT molecular complexity index is 555. The first-order chi connectivity index (χ1) is 9.85. The van der Waals surface area contributed by atoms with Crippen LogP contribution in [0.2, 0.25) is 0 Å². The quantitative estimate of drug-likeness (QED) is 0.648. The zero-order chi connectivity index (χ0) is 15.9. The van der Waals surface area contributed by atoms with Gasteiger partial charge >= 0.3 is 5.97 Å². The van der Waals surface area contributed by atoms with Crippen molar-refractivity contribution >= 4 is 21.7 Å². The number of sulfonamides is 1. The van der Waals surface area contributed by atoms with Crippen LogP contribution in [0, 0.1) is 0 Å². The van der Waals surface area contributed by atoms with Gasteiger partial charge in [0, 0.05) is 24.7 Å². The minimum atomic E-state index is -3.42. The van der Waals surface area contributed by atoms with E-state index in [9.17, 15) is 13.2 Å². The fraction of sp³-hybridized carbons (Fsp3) is 0.500. The molecule has 0 heterocycles. The molecule has 21 heavy (non-hydrogen) atoms. The second kappa shape index (κ2) is 7.99. The molecule has 0 spiro atoms. The normalized spacial score (nSPS) is 12.9. The van der Waals surface area contributed by atoms with Crippen molar-refractivity contribution in [2.75, 3.05) is 11.9 Å². The SMILES string of the molecule is CCNS(=O)(=O)c1ccc(NC(C)CCCC(=O)O)cc1. The first-order valence-corrected chi connectivity index (χ1v) is 8.41. The molecule has 0 radical (unpaired) electrons. The van der Waals surface area contributed by atoms with Crippen LogP contribution in [-0.2, 0) is 14.8 Å². The number of hydrogen-bond donors (Lipinski definition) is 3. The lowest BCUT2D eigenvalue weighted by Crippen LogP contribution is -2.23. The second-order valence-electron chi connectivity index (χ2n) is 4.86. The van der Waals surface area contributed by atoms with Crippen LogP contribution in [0.1, 0.15) is 33.1 Å². The van der Waals surface area contributed by atoms with Gasteiger partial charge in [-0.2, -0.15) is 0 Å². The molecular weight excluding hydrogens is 292 g/mol. The lowest BCUT2D eigenvalue weighted by atomic mass is 10.1. The molecule has 1 rings (SSSR count). The number of anilines is 1. The summed E-state index contributed by atoms with van der Waals surface area (Å²) in [6, 6.07) is 6.63. The second-order valence-corrected chi connectivity index (χ2v) is 6.62. The predicted molar refractivity (Wildman–Crippen MR) is 81.9 cm³/mol. The van der Waals surface area contributed by atoms with Crippen LogP contribution in [0.15, 0.2) is 29.2 Å². The maximum Gasteiger partial charge on any atom is 0.303 e. The van der Waals surface area contributed by atoms with Crippen molar-refractivity contribution in [3.63, 3.8) is 0 Å². The largest absolute Gasteiger partial charge is 0.481 e. The number of carbonyl (C=O) groups is 1. The summed E-state index contributed by atoms with van der Waals surface area (Å²) in [6.45, 7) is 4.04. The molecule has 1 unspecified atom stereocenters. The molecule has 3 N–H and O–H groups in total. The summed E-state index contributed by atoms with van der Waals surface area (Å²) in [5.41, 5.74) is 0.813. The van der Waals surface area contributed by atoms with E-state index in [-0.39, 0.29) is 17.4 Å². The molecule has 1 atom stereocenters.